The summed E-state index contributed by atoms with van der Waals surface area (Å²) < 4.78 is 13.0. The van der Waals surface area contributed by atoms with Gasteiger partial charge in [0.1, 0.15) is 10.8 Å². The molecule has 1 amide bonds. The molecule has 0 aliphatic rings. The highest BCUT2D eigenvalue weighted by Crippen LogP contribution is 2.23. The van der Waals surface area contributed by atoms with E-state index >= 15 is 0 Å². The predicted molar refractivity (Wildman–Crippen MR) is 116 cm³/mol. The molecule has 5 nitrogen and oxygen atoms in total. The molecule has 0 saturated heterocycles. The van der Waals surface area contributed by atoms with Crippen LogP contribution in [0.5, 0.6) is 0 Å². The number of carbonyl (C=O) groups excluding carboxylic acids is 1. The number of benzene rings is 3. The van der Waals surface area contributed by atoms with Gasteiger partial charge in [-0.3, -0.25) is 10.1 Å². The molecule has 0 aliphatic carbocycles. The van der Waals surface area contributed by atoms with Crippen molar-refractivity contribution in [1.82, 2.24) is 15.5 Å². The Morgan fingerprint density at radius 3 is 2.07 bits per heavy atom. The fraction of sp³-hybridized carbons (Fsp3) is 0.0870. The molecular weight excluding hydrogens is 399 g/mol. The van der Waals surface area contributed by atoms with E-state index in [0.717, 1.165) is 11.1 Å². The van der Waals surface area contributed by atoms with Crippen molar-refractivity contribution in [1.29, 1.82) is 0 Å². The van der Waals surface area contributed by atoms with Crippen LogP contribution in [0.1, 0.15) is 32.0 Å². The normalized spacial score (nSPS) is 10.9. The number of halogens is 1. The predicted octanol–water partition coefficient (Wildman–Crippen LogP) is 4.81. The Morgan fingerprint density at radius 2 is 1.47 bits per heavy atom. The Labute approximate surface area is 177 Å². The van der Waals surface area contributed by atoms with E-state index in [1.807, 2.05) is 36.4 Å². The van der Waals surface area contributed by atoms with Gasteiger partial charge in [-0.25, -0.2) is 4.39 Å². The maximum absolute atomic E-state index is 13.0. The van der Waals surface area contributed by atoms with Crippen LogP contribution >= 0.6 is 11.3 Å². The molecule has 0 fully saturated rings. The van der Waals surface area contributed by atoms with Crippen molar-refractivity contribution in [3.63, 3.8) is 0 Å². The highest BCUT2D eigenvalue weighted by Gasteiger charge is 2.16. The first-order chi connectivity index (χ1) is 14.7. The number of anilines is 1. The average Bonchev–Trinajstić information content (AvgIpc) is 3.26. The summed E-state index contributed by atoms with van der Waals surface area (Å²) in [6.45, 7) is 0.468. The molecule has 0 spiro atoms. The summed E-state index contributed by atoms with van der Waals surface area (Å²) in [4.78, 5) is 12.4. The van der Waals surface area contributed by atoms with Gasteiger partial charge in [0, 0.05) is 5.69 Å². The van der Waals surface area contributed by atoms with E-state index in [1.165, 1.54) is 35.6 Å². The molecule has 0 radical (unpaired) electrons. The van der Waals surface area contributed by atoms with Crippen molar-refractivity contribution in [2.24, 2.45) is 0 Å². The van der Waals surface area contributed by atoms with Crippen LogP contribution in [0.3, 0.4) is 0 Å². The van der Waals surface area contributed by atoms with Crippen molar-refractivity contribution < 1.29 is 9.18 Å². The van der Waals surface area contributed by atoms with Crippen molar-refractivity contribution in [2.45, 2.75) is 12.6 Å². The molecule has 30 heavy (non-hydrogen) atoms. The Hall–Kier alpha value is -3.42. The molecule has 1 heterocycles. The first-order valence-electron chi connectivity index (χ1n) is 9.41. The van der Waals surface area contributed by atoms with Crippen LogP contribution in [0.4, 0.5) is 10.1 Å². The summed E-state index contributed by atoms with van der Waals surface area (Å²) in [6.07, 6.45) is 0. The first-order valence-corrected chi connectivity index (χ1v) is 10.2. The van der Waals surface area contributed by atoms with Crippen LogP contribution in [0.2, 0.25) is 0 Å². The SMILES string of the molecule is O=C(Nc1ccc(F)cc1)c1nnc(CNC(c2ccccc2)c2ccccc2)s1. The first kappa shape index (κ1) is 19.9. The van der Waals surface area contributed by atoms with Crippen LogP contribution in [-0.4, -0.2) is 16.1 Å². The number of hydrogen-bond acceptors (Lipinski definition) is 5. The second-order valence-electron chi connectivity index (χ2n) is 6.60. The van der Waals surface area contributed by atoms with Gasteiger partial charge in [0.25, 0.3) is 5.91 Å². The highest BCUT2D eigenvalue weighted by atomic mass is 32.1. The quantitative estimate of drug-likeness (QED) is 0.452. The molecule has 150 valence electrons. The van der Waals surface area contributed by atoms with E-state index in [-0.39, 0.29) is 22.8 Å². The van der Waals surface area contributed by atoms with Gasteiger partial charge in [-0.2, -0.15) is 0 Å². The van der Waals surface area contributed by atoms with Gasteiger partial charge in [0.2, 0.25) is 5.01 Å². The van der Waals surface area contributed by atoms with Crippen LogP contribution < -0.4 is 10.6 Å². The summed E-state index contributed by atoms with van der Waals surface area (Å²) >= 11 is 1.22. The second kappa shape index (κ2) is 9.39. The van der Waals surface area contributed by atoms with Gasteiger partial charge >= 0.3 is 0 Å². The fourth-order valence-corrected chi connectivity index (χ4v) is 3.73. The molecule has 0 unspecified atom stereocenters. The van der Waals surface area contributed by atoms with Crippen LogP contribution in [-0.2, 0) is 6.54 Å². The van der Waals surface area contributed by atoms with E-state index in [0.29, 0.717) is 17.2 Å². The zero-order chi connectivity index (χ0) is 20.8. The number of amides is 1. The summed E-state index contributed by atoms with van der Waals surface area (Å²) in [5, 5.41) is 15.3. The summed E-state index contributed by atoms with van der Waals surface area (Å²) in [5.41, 5.74) is 2.79. The van der Waals surface area contributed by atoms with E-state index in [1.54, 1.807) is 0 Å². The fourth-order valence-electron chi connectivity index (χ4n) is 3.04. The molecule has 0 atom stereocenters. The van der Waals surface area contributed by atoms with Gasteiger partial charge < -0.3 is 5.32 Å². The van der Waals surface area contributed by atoms with Gasteiger partial charge in [-0.05, 0) is 35.4 Å². The third-order valence-corrected chi connectivity index (χ3v) is 5.41. The molecule has 1 aromatic heterocycles. The van der Waals surface area contributed by atoms with Crippen LogP contribution in [0.15, 0.2) is 84.9 Å². The van der Waals surface area contributed by atoms with Gasteiger partial charge in [0.15, 0.2) is 0 Å². The number of carbonyl (C=O) groups is 1. The summed E-state index contributed by atoms with van der Waals surface area (Å²) in [7, 11) is 0. The Bertz CT molecular complexity index is 1060. The lowest BCUT2D eigenvalue weighted by atomic mass is 9.99. The largest absolute Gasteiger partial charge is 0.320 e. The second-order valence-corrected chi connectivity index (χ2v) is 7.66. The maximum atomic E-state index is 13.0. The summed E-state index contributed by atoms with van der Waals surface area (Å²) in [6, 6.07) is 25.9. The smallest absolute Gasteiger partial charge is 0.286 e. The molecular formula is C23H19FN4OS. The number of hydrogen-bond donors (Lipinski definition) is 2. The number of nitrogens with zero attached hydrogens (tertiary/aromatic N) is 2. The topological polar surface area (TPSA) is 66.9 Å². The zero-order valence-electron chi connectivity index (χ0n) is 16.0. The molecule has 0 bridgehead atoms. The van der Waals surface area contributed by atoms with Gasteiger partial charge in [-0.1, -0.05) is 72.0 Å². The zero-order valence-corrected chi connectivity index (χ0v) is 16.8. The van der Waals surface area contributed by atoms with E-state index in [9.17, 15) is 9.18 Å². The summed E-state index contributed by atoms with van der Waals surface area (Å²) in [5.74, 6) is -0.725. The minimum absolute atomic E-state index is 0.00667. The lowest BCUT2D eigenvalue weighted by Crippen LogP contribution is -2.21. The molecule has 3 aromatic carbocycles. The third kappa shape index (κ3) is 4.94. The van der Waals surface area contributed by atoms with Crippen molar-refractivity contribution >= 4 is 22.9 Å². The maximum Gasteiger partial charge on any atom is 0.286 e. The Morgan fingerprint density at radius 1 is 0.867 bits per heavy atom. The molecule has 4 aromatic rings. The average molecular weight is 418 g/mol. The number of nitrogens with one attached hydrogen (secondary N) is 2. The molecule has 4 rings (SSSR count). The number of rotatable bonds is 7. The van der Waals surface area contributed by atoms with Crippen molar-refractivity contribution in [2.75, 3.05) is 5.32 Å². The molecule has 2 N–H and O–H groups in total. The lowest BCUT2D eigenvalue weighted by Gasteiger charge is -2.19. The minimum atomic E-state index is -0.368. The highest BCUT2D eigenvalue weighted by molar-refractivity contribution is 7.13. The minimum Gasteiger partial charge on any atom is -0.320 e. The monoisotopic (exact) mass is 418 g/mol. The number of aromatic nitrogens is 2. The lowest BCUT2D eigenvalue weighted by molar-refractivity contribution is 0.102. The molecule has 0 aliphatic heterocycles. The van der Waals surface area contributed by atoms with Gasteiger partial charge in [0.05, 0.1) is 12.6 Å². The molecule has 7 heteroatoms. The van der Waals surface area contributed by atoms with Crippen LogP contribution in [0, 0.1) is 5.82 Å². The Kier molecular flexibility index (Phi) is 6.22. The third-order valence-electron chi connectivity index (χ3n) is 4.49. The van der Waals surface area contributed by atoms with Crippen molar-refractivity contribution in [3.05, 3.63) is 112 Å². The van der Waals surface area contributed by atoms with Crippen LogP contribution in [0.25, 0.3) is 0 Å². The van der Waals surface area contributed by atoms with Gasteiger partial charge in [-0.15, -0.1) is 10.2 Å². The standard InChI is InChI=1S/C23H19FN4OS/c24-18-11-13-19(14-12-18)26-22(29)23-28-27-20(30-23)15-25-21(16-7-3-1-4-8-16)17-9-5-2-6-10-17/h1-14,21,25H,15H2,(H,26,29). The van der Waals surface area contributed by atoms with E-state index < -0.39 is 0 Å². The van der Waals surface area contributed by atoms with E-state index in [4.69, 9.17) is 0 Å². The Balaban J connectivity index is 1.44. The van der Waals surface area contributed by atoms with Crippen molar-refractivity contribution in [3.8, 4) is 0 Å². The molecule has 0 saturated carbocycles. The van der Waals surface area contributed by atoms with E-state index in [2.05, 4.69) is 45.1 Å².